The monoisotopic (exact) mass is 283 g/mol. The fourth-order valence-corrected chi connectivity index (χ4v) is 1.87. The molecule has 2 heterocycles. The van der Waals surface area contributed by atoms with Crippen molar-refractivity contribution in [3.05, 3.63) is 11.8 Å². The SMILES string of the molecule is CCC(=O)ON1C(=O)C=C([N+]2(O)C(=O)CCC2=O)C1=O. The van der Waals surface area contributed by atoms with Crippen molar-refractivity contribution in [1.82, 2.24) is 5.06 Å². The Hall–Kier alpha value is -2.39. The maximum atomic E-state index is 11.9. The van der Waals surface area contributed by atoms with Crippen LogP contribution in [0.1, 0.15) is 26.2 Å². The van der Waals surface area contributed by atoms with E-state index in [1.165, 1.54) is 6.92 Å². The standard InChI is InChI=1S/C11H11N2O7/c1-2-10(17)20-12-7(14)5-6(11(12)18)13(19)8(15)3-4-9(13)16/h5,19H,2-4H2,1H3/q+1. The molecule has 1 N–H and O–H groups in total. The van der Waals surface area contributed by atoms with E-state index in [1.54, 1.807) is 0 Å². The van der Waals surface area contributed by atoms with Crippen LogP contribution in [0, 0.1) is 0 Å². The molecule has 0 saturated carbocycles. The summed E-state index contributed by atoms with van der Waals surface area (Å²) in [5.74, 6) is -4.91. The summed E-state index contributed by atoms with van der Waals surface area (Å²) < 4.78 is -1.86. The molecule has 0 unspecified atom stereocenters. The summed E-state index contributed by atoms with van der Waals surface area (Å²) in [6.45, 7) is 1.45. The number of hydrogen-bond acceptors (Lipinski definition) is 7. The first-order chi connectivity index (χ1) is 9.32. The van der Waals surface area contributed by atoms with E-state index < -0.39 is 39.9 Å². The lowest BCUT2D eigenvalue weighted by atomic mass is 10.3. The van der Waals surface area contributed by atoms with Crippen LogP contribution in [0.2, 0.25) is 0 Å². The highest BCUT2D eigenvalue weighted by Crippen LogP contribution is 2.30. The Labute approximate surface area is 112 Å². The average molecular weight is 283 g/mol. The van der Waals surface area contributed by atoms with E-state index in [1.807, 2.05) is 0 Å². The number of quaternary nitrogens is 1. The number of amides is 4. The smallest absolute Gasteiger partial charge is 0.330 e. The van der Waals surface area contributed by atoms with Gasteiger partial charge in [-0.15, -0.1) is 0 Å². The summed E-state index contributed by atoms with van der Waals surface area (Å²) in [7, 11) is 0. The molecule has 4 amide bonds. The molecule has 2 rings (SSSR count). The molecule has 0 atom stereocenters. The highest BCUT2D eigenvalue weighted by Gasteiger charge is 2.60. The van der Waals surface area contributed by atoms with Crippen LogP contribution in [-0.2, 0) is 28.8 Å². The quantitative estimate of drug-likeness (QED) is 0.407. The van der Waals surface area contributed by atoms with E-state index in [0.717, 1.165) is 0 Å². The van der Waals surface area contributed by atoms with Gasteiger partial charge >= 0.3 is 23.7 Å². The Kier molecular flexibility index (Phi) is 3.24. The van der Waals surface area contributed by atoms with Gasteiger partial charge in [0, 0.05) is 6.42 Å². The first kappa shape index (κ1) is 14.0. The number of nitrogens with zero attached hydrogens (tertiary/aromatic N) is 2. The number of imide groups is 2. The normalized spacial score (nSPS) is 21.5. The zero-order valence-electron chi connectivity index (χ0n) is 10.5. The first-order valence-electron chi connectivity index (χ1n) is 5.82. The van der Waals surface area contributed by atoms with Crippen molar-refractivity contribution >= 4 is 29.6 Å². The third kappa shape index (κ3) is 1.84. The van der Waals surface area contributed by atoms with Crippen LogP contribution in [-0.4, -0.2) is 44.5 Å². The number of hydrogen-bond donors (Lipinski definition) is 1. The van der Waals surface area contributed by atoms with Crippen molar-refractivity contribution < 1.29 is 38.7 Å². The topological polar surface area (TPSA) is 118 Å². The summed E-state index contributed by atoms with van der Waals surface area (Å²) in [5.41, 5.74) is -0.730. The van der Waals surface area contributed by atoms with Gasteiger partial charge in [-0.2, -0.15) is 5.21 Å². The van der Waals surface area contributed by atoms with E-state index in [9.17, 15) is 29.2 Å². The van der Waals surface area contributed by atoms with Gasteiger partial charge in [0.2, 0.25) is 0 Å². The predicted molar refractivity (Wildman–Crippen MR) is 57.6 cm³/mol. The van der Waals surface area contributed by atoms with Crippen LogP contribution in [0.4, 0.5) is 0 Å². The molecule has 2 aliphatic heterocycles. The van der Waals surface area contributed by atoms with E-state index in [2.05, 4.69) is 4.84 Å². The molecule has 20 heavy (non-hydrogen) atoms. The fourth-order valence-electron chi connectivity index (χ4n) is 1.87. The van der Waals surface area contributed by atoms with Crippen molar-refractivity contribution in [2.24, 2.45) is 0 Å². The Bertz CT molecular complexity index is 561. The van der Waals surface area contributed by atoms with Crippen LogP contribution in [0.5, 0.6) is 0 Å². The molecule has 0 aromatic heterocycles. The molecule has 0 aromatic rings. The average Bonchev–Trinajstić information content (AvgIpc) is 2.84. The lowest BCUT2D eigenvalue weighted by molar-refractivity contribution is -0.935. The van der Waals surface area contributed by atoms with Crippen LogP contribution in [0.3, 0.4) is 0 Å². The van der Waals surface area contributed by atoms with Crippen LogP contribution >= 0.6 is 0 Å². The summed E-state index contributed by atoms with van der Waals surface area (Å²) in [6, 6.07) is 0. The van der Waals surface area contributed by atoms with Crippen molar-refractivity contribution in [3.63, 3.8) is 0 Å². The number of carbonyl (C=O) groups excluding carboxylic acids is 5. The molecule has 9 heteroatoms. The van der Waals surface area contributed by atoms with Crippen molar-refractivity contribution in [2.75, 3.05) is 0 Å². The zero-order chi connectivity index (χ0) is 15.1. The van der Waals surface area contributed by atoms with Gasteiger partial charge in [-0.25, -0.2) is 14.4 Å². The predicted octanol–water partition coefficient (Wildman–Crippen LogP) is -0.840. The number of rotatable bonds is 3. The molecule has 106 valence electrons. The first-order valence-corrected chi connectivity index (χ1v) is 5.82. The maximum absolute atomic E-state index is 11.9. The van der Waals surface area contributed by atoms with Crippen LogP contribution in [0.25, 0.3) is 0 Å². The Balaban J connectivity index is 2.32. The van der Waals surface area contributed by atoms with E-state index in [0.29, 0.717) is 6.08 Å². The number of hydroxylamine groups is 5. The largest absolute Gasteiger partial charge is 0.359 e. The molecule has 0 aromatic carbocycles. The molecule has 1 saturated heterocycles. The lowest BCUT2D eigenvalue weighted by Crippen LogP contribution is -2.51. The second-order valence-corrected chi connectivity index (χ2v) is 4.21. The molecule has 0 bridgehead atoms. The summed E-state index contributed by atoms with van der Waals surface area (Å²) >= 11 is 0. The van der Waals surface area contributed by atoms with Crippen LogP contribution < -0.4 is 0 Å². The minimum absolute atomic E-state index is 0.0800. The highest BCUT2D eigenvalue weighted by molar-refractivity contribution is 6.16. The second-order valence-electron chi connectivity index (χ2n) is 4.21. The molecular weight excluding hydrogens is 272 g/mol. The summed E-state index contributed by atoms with van der Waals surface area (Å²) in [6.07, 6.45) is 0.0710. The van der Waals surface area contributed by atoms with Gasteiger partial charge in [0.15, 0.2) is 0 Å². The fraction of sp³-hybridized carbons (Fsp3) is 0.364. The van der Waals surface area contributed by atoms with Gasteiger partial charge in [-0.3, -0.25) is 9.59 Å². The molecule has 2 aliphatic rings. The Morgan fingerprint density at radius 1 is 1.30 bits per heavy atom. The van der Waals surface area contributed by atoms with Gasteiger partial charge < -0.3 is 4.84 Å². The highest BCUT2D eigenvalue weighted by atomic mass is 16.7. The molecule has 0 radical (unpaired) electrons. The van der Waals surface area contributed by atoms with Gasteiger partial charge in [-0.1, -0.05) is 12.0 Å². The van der Waals surface area contributed by atoms with Crippen molar-refractivity contribution in [1.29, 1.82) is 0 Å². The number of likely N-dealkylation sites (tertiary alicyclic amines) is 1. The molecule has 1 fully saturated rings. The van der Waals surface area contributed by atoms with E-state index in [4.69, 9.17) is 0 Å². The second kappa shape index (κ2) is 4.62. The van der Waals surface area contributed by atoms with E-state index in [-0.39, 0.29) is 24.3 Å². The molecule has 0 aliphatic carbocycles. The van der Waals surface area contributed by atoms with Crippen molar-refractivity contribution in [2.45, 2.75) is 26.2 Å². The maximum Gasteiger partial charge on any atom is 0.359 e. The van der Waals surface area contributed by atoms with E-state index >= 15 is 0 Å². The lowest BCUT2D eigenvalue weighted by Gasteiger charge is -2.19. The Morgan fingerprint density at radius 3 is 2.35 bits per heavy atom. The van der Waals surface area contributed by atoms with Crippen LogP contribution in [0.15, 0.2) is 11.8 Å². The van der Waals surface area contributed by atoms with Gasteiger partial charge in [0.25, 0.3) is 11.6 Å². The Morgan fingerprint density at radius 2 is 1.85 bits per heavy atom. The number of carbonyl (C=O) groups is 5. The van der Waals surface area contributed by atoms with Gasteiger partial charge in [0.1, 0.15) is 0 Å². The third-order valence-corrected chi connectivity index (χ3v) is 2.97. The minimum Gasteiger partial charge on any atom is -0.330 e. The molecule has 9 nitrogen and oxygen atoms in total. The van der Waals surface area contributed by atoms with Gasteiger partial charge in [0.05, 0.1) is 18.9 Å². The summed E-state index contributed by atoms with van der Waals surface area (Å²) in [5, 5.41) is 10.2. The molecular formula is C11H11N2O7+. The van der Waals surface area contributed by atoms with Gasteiger partial charge in [-0.05, 0) is 4.65 Å². The minimum atomic E-state index is -1.86. The zero-order valence-corrected chi connectivity index (χ0v) is 10.5. The summed E-state index contributed by atoms with van der Waals surface area (Å²) in [4.78, 5) is 62.3. The van der Waals surface area contributed by atoms with Crippen molar-refractivity contribution in [3.8, 4) is 0 Å². The third-order valence-electron chi connectivity index (χ3n) is 2.97. The molecule has 0 spiro atoms.